The van der Waals surface area contributed by atoms with Gasteiger partial charge in [0.15, 0.2) is 4.34 Å². The zero-order chi connectivity index (χ0) is 24.2. The fraction of sp³-hybridized carbons (Fsp3) is 0.238. The number of methoxy groups -OCH3 is 1. The summed E-state index contributed by atoms with van der Waals surface area (Å²) in [6.07, 6.45) is 0. The third-order valence-electron chi connectivity index (χ3n) is 4.55. The quantitative estimate of drug-likeness (QED) is 0.268. The number of carbonyl (C=O) groups excluding carboxylic acids is 2. The van der Waals surface area contributed by atoms with Crippen LogP contribution in [0.25, 0.3) is 0 Å². The van der Waals surface area contributed by atoms with Crippen molar-refractivity contribution in [2.24, 2.45) is 0 Å². The normalized spacial score (nSPS) is 11.2. The summed E-state index contributed by atoms with van der Waals surface area (Å²) >= 11 is 2.24. The Labute approximate surface area is 200 Å². The van der Waals surface area contributed by atoms with E-state index in [0.29, 0.717) is 15.6 Å². The molecule has 12 heteroatoms. The van der Waals surface area contributed by atoms with E-state index in [1.54, 1.807) is 19.1 Å². The van der Waals surface area contributed by atoms with Crippen LogP contribution in [-0.2, 0) is 19.6 Å². The number of aromatic nitrogens is 2. The summed E-state index contributed by atoms with van der Waals surface area (Å²) < 4.78 is 33.8. The second-order valence-electron chi connectivity index (χ2n) is 7.10. The van der Waals surface area contributed by atoms with Gasteiger partial charge in [-0.15, -0.1) is 10.2 Å². The Balaban J connectivity index is 1.78. The first-order valence-corrected chi connectivity index (χ1v) is 12.9. The lowest BCUT2D eigenvalue weighted by molar-refractivity contribution is -0.137. The summed E-state index contributed by atoms with van der Waals surface area (Å²) in [6.45, 7) is 5.35. The number of benzene rings is 2. The molecule has 0 spiro atoms. The van der Waals surface area contributed by atoms with Gasteiger partial charge in [-0.3, -0.25) is 19.6 Å². The van der Waals surface area contributed by atoms with Gasteiger partial charge in [0.25, 0.3) is 15.9 Å². The molecule has 0 radical (unpaired) electrons. The Bertz CT molecular complexity index is 1300. The van der Waals surface area contributed by atoms with Gasteiger partial charge in [0, 0.05) is 5.56 Å². The number of ether oxygens (including phenoxy) is 1. The van der Waals surface area contributed by atoms with Crippen LogP contribution in [0.1, 0.15) is 27.0 Å². The number of hydrogen-bond acceptors (Lipinski definition) is 9. The van der Waals surface area contributed by atoms with Gasteiger partial charge in [-0.2, -0.15) is 0 Å². The number of rotatable bonds is 8. The van der Waals surface area contributed by atoms with Crippen molar-refractivity contribution in [2.75, 3.05) is 22.9 Å². The largest absolute Gasteiger partial charge is 0.468 e. The minimum Gasteiger partial charge on any atom is -0.468 e. The Morgan fingerprint density at radius 1 is 1.06 bits per heavy atom. The second-order valence-corrected chi connectivity index (χ2v) is 10.9. The number of nitrogens with one attached hydrogen (secondary N) is 2. The van der Waals surface area contributed by atoms with Crippen molar-refractivity contribution in [2.45, 2.75) is 30.0 Å². The molecule has 3 rings (SSSR count). The van der Waals surface area contributed by atoms with E-state index in [1.807, 2.05) is 26.0 Å². The zero-order valence-electron chi connectivity index (χ0n) is 18.3. The van der Waals surface area contributed by atoms with E-state index >= 15 is 0 Å². The average Bonchev–Trinajstić information content (AvgIpc) is 3.21. The summed E-state index contributed by atoms with van der Waals surface area (Å²) in [5.74, 6) is -0.853. The Morgan fingerprint density at radius 2 is 1.79 bits per heavy atom. The van der Waals surface area contributed by atoms with E-state index in [-0.39, 0.29) is 21.3 Å². The number of thioether (sulfide) groups is 1. The third-order valence-corrected chi connectivity index (χ3v) is 8.00. The van der Waals surface area contributed by atoms with Crippen LogP contribution in [0.5, 0.6) is 0 Å². The minimum atomic E-state index is -3.93. The summed E-state index contributed by atoms with van der Waals surface area (Å²) in [7, 11) is -2.63. The molecular formula is C21H22N4O5S3. The Kier molecular flexibility index (Phi) is 7.72. The molecular weight excluding hydrogens is 484 g/mol. The third kappa shape index (κ3) is 6.30. The fourth-order valence-corrected chi connectivity index (χ4v) is 5.72. The monoisotopic (exact) mass is 506 g/mol. The van der Waals surface area contributed by atoms with E-state index in [1.165, 1.54) is 19.2 Å². The zero-order valence-corrected chi connectivity index (χ0v) is 20.8. The SMILES string of the molecule is COC(=O)CSc1nnc(NC(=O)c2ccc(C)c(S(=O)(=O)Nc3cc(C)ccc3C)c2)s1. The van der Waals surface area contributed by atoms with Crippen LogP contribution in [0, 0.1) is 20.8 Å². The van der Waals surface area contributed by atoms with Gasteiger partial charge in [0.05, 0.1) is 23.4 Å². The highest BCUT2D eigenvalue weighted by molar-refractivity contribution is 8.01. The lowest BCUT2D eigenvalue weighted by Gasteiger charge is -2.14. The maximum atomic E-state index is 13.1. The van der Waals surface area contributed by atoms with Gasteiger partial charge in [-0.25, -0.2) is 8.42 Å². The molecule has 174 valence electrons. The molecule has 2 N–H and O–H groups in total. The van der Waals surface area contributed by atoms with Gasteiger partial charge in [0.1, 0.15) is 0 Å². The summed E-state index contributed by atoms with van der Waals surface area (Å²) in [6, 6.07) is 9.93. The number of esters is 1. The highest BCUT2D eigenvalue weighted by Gasteiger charge is 2.21. The lowest BCUT2D eigenvalue weighted by atomic mass is 10.1. The van der Waals surface area contributed by atoms with Crippen LogP contribution in [0.15, 0.2) is 45.6 Å². The molecule has 9 nitrogen and oxygen atoms in total. The number of nitrogens with zero attached hydrogens (tertiary/aromatic N) is 2. The van der Waals surface area contributed by atoms with Gasteiger partial charge in [-0.05, 0) is 55.7 Å². The molecule has 0 atom stereocenters. The van der Waals surface area contributed by atoms with Crippen molar-refractivity contribution >= 4 is 55.8 Å². The van der Waals surface area contributed by atoms with E-state index in [9.17, 15) is 18.0 Å². The van der Waals surface area contributed by atoms with Crippen LogP contribution in [0.2, 0.25) is 0 Å². The molecule has 0 aliphatic rings. The second kappa shape index (κ2) is 10.3. The standard InChI is InChI=1S/C21H22N4O5S3/c1-12-5-6-13(2)16(9-12)25-33(28,29)17-10-15(8-7-14(17)3)19(27)22-20-23-24-21(32-20)31-11-18(26)30-4/h5-10,25H,11H2,1-4H3,(H,22,23,27). The highest BCUT2D eigenvalue weighted by Crippen LogP contribution is 2.27. The van der Waals surface area contributed by atoms with Crippen LogP contribution in [-0.4, -0.2) is 43.4 Å². The fourth-order valence-electron chi connectivity index (χ4n) is 2.74. The van der Waals surface area contributed by atoms with Crippen molar-refractivity contribution in [3.63, 3.8) is 0 Å². The first-order chi connectivity index (χ1) is 15.6. The molecule has 0 fully saturated rings. The first-order valence-electron chi connectivity index (χ1n) is 9.64. The summed E-state index contributed by atoms with van der Waals surface area (Å²) in [5.41, 5.74) is 2.84. The van der Waals surface area contributed by atoms with Crippen molar-refractivity contribution in [1.82, 2.24) is 10.2 Å². The number of carbonyl (C=O) groups is 2. The Hall–Kier alpha value is -2.96. The Morgan fingerprint density at radius 3 is 2.52 bits per heavy atom. The number of sulfonamides is 1. The van der Waals surface area contributed by atoms with Gasteiger partial charge >= 0.3 is 5.97 Å². The van der Waals surface area contributed by atoms with E-state index < -0.39 is 21.9 Å². The molecule has 0 saturated heterocycles. The molecule has 3 aromatic rings. The molecule has 33 heavy (non-hydrogen) atoms. The highest BCUT2D eigenvalue weighted by atomic mass is 32.2. The molecule has 0 saturated carbocycles. The molecule has 0 bridgehead atoms. The molecule has 2 aromatic carbocycles. The van der Waals surface area contributed by atoms with Gasteiger partial charge in [-0.1, -0.05) is 41.3 Å². The minimum absolute atomic E-state index is 0.00245. The molecule has 0 aliphatic heterocycles. The summed E-state index contributed by atoms with van der Waals surface area (Å²) in [4.78, 5) is 24.0. The molecule has 1 amide bonds. The molecule has 0 unspecified atom stereocenters. The number of anilines is 2. The topological polar surface area (TPSA) is 127 Å². The van der Waals surface area contributed by atoms with Crippen molar-refractivity contribution in [1.29, 1.82) is 0 Å². The maximum Gasteiger partial charge on any atom is 0.316 e. The molecule has 1 aromatic heterocycles. The van der Waals surface area contributed by atoms with Crippen LogP contribution in [0.3, 0.4) is 0 Å². The van der Waals surface area contributed by atoms with Crippen LogP contribution >= 0.6 is 23.1 Å². The molecule has 0 aliphatic carbocycles. The molecule has 1 heterocycles. The summed E-state index contributed by atoms with van der Waals surface area (Å²) in [5, 5.41) is 10.6. The lowest BCUT2D eigenvalue weighted by Crippen LogP contribution is -2.17. The van der Waals surface area contributed by atoms with Crippen molar-refractivity contribution < 1.29 is 22.7 Å². The van der Waals surface area contributed by atoms with Crippen LogP contribution in [0.4, 0.5) is 10.8 Å². The van der Waals surface area contributed by atoms with E-state index in [4.69, 9.17) is 0 Å². The number of hydrogen-bond donors (Lipinski definition) is 2. The predicted octanol–water partition coefficient (Wildman–Crippen LogP) is 3.78. The van der Waals surface area contributed by atoms with Crippen molar-refractivity contribution in [3.05, 3.63) is 58.7 Å². The smallest absolute Gasteiger partial charge is 0.316 e. The van der Waals surface area contributed by atoms with E-state index in [2.05, 4.69) is 25.0 Å². The van der Waals surface area contributed by atoms with Gasteiger partial charge < -0.3 is 4.74 Å². The van der Waals surface area contributed by atoms with Gasteiger partial charge in [0.2, 0.25) is 5.13 Å². The average molecular weight is 507 g/mol. The van der Waals surface area contributed by atoms with Crippen LogP contribution < -0.4 is 10.0 Å². The predicted molar refractivity (Wildman–Crippen MR) is 129 cm³/mol. The maximum absolute atomic E-state index is 13.1. The van der Waals surface area contributed by atoms with Crippen molar-refractivity contribution in [3.8, 4) is 0 Å². The van der Waals surface area contributed by atoms with E-state index in [0.717, 1.165) is 34.2 Å². The first kappa shape index (κ1) is 24.7. The number of aryl methyl sites for hydroxylation is 3. The number of amides is 1.